The summed E-state index contributed by atoms with van der Waals surface area (Å²) in [5.74, 6) is -1.80. The molecule has 19 heavy (non-hydrogen) atoms. The van der Waals surface area contributed by atoms with Crippen molar-refractivity contribution in [3.05, 3.63) is 28.7 Å². The molecule has 2 rings (SSSR count). The van der Waals surface area contributed by atoms with Gasteiger partial charge in [-0.15, -0.1) is 0 Å². The van der Waals surface area contributed by atoms with E-state index in [-0.39, 0.29) is 23.4 Å². The van der Waals surface area contributed by atoms with Gasteiger partial charge in [0.2, 0.25) is 10.0 Å². The van der Waals surface area contributed by atoms with Crippen LogP contribution < -0.4 is 10.9 Å². The maximum Gasteiger partial charge on any atom is 0.419 e. The monoisotopic (exact) mass is 286 g/mol. The molecule has 0 atom stereocenters. The molecule has 1 aromatic carbocycles. The van der Waals surface area contributed by atoms with Crippen molar-refractivity contribution in [1.82, 2.24) is 4.57 Å². The molecule has 0 unspecified atom stereocenters. The Bertz CT molecular complexity index is 801. The predicted molar refractivity (Wildman–Crippen MR) is 64.1 cm³/mol. The van der Waals surface area contributed by atoms with Gasteiger partial charge in [-0.1, -0.05) is 0 Å². The van der Waals surface area contributed by atoms with Crippen LogP contribution in [0.4, 0.5) is 0 Å². The van der Waals surface area contributed by atoms with Crippen LogP contribution in [0, 0.1) is 0 Å². The molecule has 0 saturated carbocycles. The third-order valence-corrected chi connectivity index (χ3v) is 3.43. The van der Waals surface area contributed by atoms with Gasteiger partial charge in [0.1, 0.15) is 0 Å². The summed E-state index contributed by atoms with van der Waals surface area (Å²) in [5, 5.41) is 13.5. The number of fused-ring (bicyclic) bond motifs is 1. The molecule has 0 aliphatic rings. The summed E-state index contributed by atoms with van der Waals surface area (Å²) >= 11 is 0. The van der Waals surface area contributed by atoms with Crippen molar-refractivity contribution in [1.29, 1.82) is 0 Å². The van der Waals surface area contributed by atoms with E-state index in [0.717, 1.165) is 10.6 Å². The molecule has 3 N–H and O–H groups in total. The van der Waals surface area contributed by atoms with Crippen molar-refractivity contribution < 1.29 is 22.7 Å². The van der Waals surface area contributed by atoms with E-state index in [1.165, 1.54) is 12.1 Å². The minimum Gasteiger partial charge on any atom is -0.481 e. The van der Waals surface area contributed by atoms with Gasteiger partial charge < -0.3 is 9.52 Å². The van der Waals surface area contributed by atoms with E-state index >= 15 is 0 Å². The number of hydrogen-bond acceptors (Lipinski definition) is 5. The van der Waals surface area contributed by atoms with E-state index in [9.17, 15) is 18.0 Å². The summed E-state index contributed by atoms with van der Waals surface area (Å²) in [5.41, 5.74) is 0.362. The number of oxazole rings is 1. The lowest BCUT2D eigenvalue weighted by molar-refractivity contribution is -0.137. The number of nitrogens with two attached hydrogens (primary N) is 1. The number of carboxylic acids is 1. The van der Waals surface area contributed by atoms with Crippen molar-refractivity contribution >= 4 is 27.1 Å². The Hall–Kier alpha value is -2.13. The smallest absolute Gasteiger partial charge is 0.419 e. The number of aryl methyl sites for hydroxylation is 1. The van der Waals surface area contributed by atoms with Gasteiger partial charge >= 0.3 is 11.7 Å². The number of sulfonamides is 1. The molecule has 0 radical (unpaired) electrons. The van der Waals surface area contributed by atoms with Crippen molar-refractivity contribution in [2.45, 2.75) is 17.9 Å². The highest BCUT2D eigenvalue weighted by atomic mass is 32.2. The number of hydrogen-bond donors (Lipinski definition) is 2. The van der Waals surface area contributed by atoms with Crippen LogP contribution in [-0.4, -0.2) is 24.1 Å². The van der Waals surface area contributed by atoms with Crippen LogP contribution in [0.3, 0.4) is 0 Å². The zero-order chi connectivity index (χ0) is 14.2. The van der Waals surface area contributed by atoms with Gasteiger partial charge in [-0.25, -0.2) is 18.4 Å². The Morgan fingerprint density at radius 2 is 2.11 bits per heavy atom. The second kappa shape index (κ2) is 4.52. The number of carboxylic acid groups (broad SMARTS) is 1. The van der Waals surface area contributed by atoms with Gasteiger partial charge in [-0.3, -0.25) is 9.36 Å². The number of aromatic nitrogens is 1. The molecule has 1 aromatic heterocycles. The molecule has 0 fully saturated rings. The number of benzene rings is 1. The van der Waals surface area contributed by atoms with Crippen LogP contribution in [0.2, 0.25) is 0 Å². The van der Waals surface area contributed by atoms with Crippen molar-refractivity contribution in [3.63, 3.8) is 0 Å². The Balaban J connectivity index is 2.54. The molecule has 8 nitrogen and oxygen atoms in total. The van der Waals surface area contributed by atoms with Gasteiger partial charge in [0.25, 0.3) is 0 Å². The van der Waals surface area contributed by atoms with E-state index in [2.05, 4.69) is 0 Å². The van der Waals surface area contributed by atoms with Gasteiger partial charge in [-0.2, -0.15) is 0 Å². The SMILES string of the molecule is NS(=O)(=O)c1ccc2c(c1)oc(=O)n2CCC(=O)O. The molecule has 0 aliphatic heterocycles. The van der Waals surface area contributed by atoms with Crippen LogP contribution in [-0.2, 0) is 21.4 Å². The summed E-state index contributed by atoms with van der Waals surface area (Å²) < 4.78 is 28.3. The fraction of sp³-hybridized carbons (Fsp3) is 0.200. The topological polar surface area (TPSA) is 133 Å². The molecular formula is C10H10N2O6S. The average molecular weight is 286 g/mol. The maximum absolute atomic E-state index is 11.5. The summed E-state index contributed by atoms with van der Waals surface area (Å²) in [6, 6.07) is 3.70. The highest BCUT2D eigenvalue weighted by Crippen LogP contribution is 2.17. The molecule has 0 saturated heterocycles. The molecule has 1 heterocycles. The molecule has 0 bridgehead atoms. The Kier molecular flexibility index (Phi) is 3.16. The minimum absolute atomic E-state index is 0.0434. The second-order valence-corrected chi connectivity index (χ2v) is 5.40. The molecule has 2 aromatic rings. The lowest BCUT2D eigenvalue weighted by Gasteiger charge is -2.00. The zero-order valence-corrected chi connectivity index (χ0v) is 10.4. The molecule has 102 valence electrons. The first-order chi connectivity index (χ1) is 8.79. The summed E-state index contributed by atoms with van der Waals surface area (Å²) in [7, 11) is -3.89. The highest BCUT2D eigenvalue weighted by molar-refractivity contribution is 7.89. The van der Waals surface area contributed by atoms with Gasteiger partial charge in [0.15, 0.2) is 5.58 Å². The molecule has 0 spiro atoms. The number of rotatable bonds is 4. The van der Waals surface area contributed by atoms with Crippen molar-refractivity contribution in [2.24, 2.45) is 5.14 Å². The van der Waals surface area contributed by atoms with E-state index < -0.39 is 21.7 Å². The predicted octanol–water partition coefficient (Wildman–Crippen LogP) is -0.283. The fourth-order valence-electron chi connectivity index (χ4n) is 1.64. The van der Waals surface area contributed by atoms with Crippen molar-refractivity contribution in [3.8, 4) is 0 Å². The first-order valence-corrected chi connectivity index (χ1v) is 6.71. The Morgan fingerprint density at radius 1 is 1.42 bits per heavy atom. The largest absolute Gasteiger partial charge is 0.481 e. The lowest BCUT2D eigenvalue weighted by Crippen LogP contribution is -2.16. The van der Waals surface area contributed by atoms with E-state index in [1.54, 1.807) is 0 Å². The van der Waals surface area contributed by atoms with Crippen LogP contribution in [0.5, 0.6) is 0 Å². The van der Waals surface area contributed by atoms with Gasteiger partial charge in [-0.05, 0) is 12.1 Å². The molecule has 9 heteroatoms. The minimum atomic E-state index is -3.89. The number of primary sulfonamides is 1. The maximum atomic E-state index is 11.5. The van der Waals surface area contributed by atoms with Gasteiger partial charge in [0, 0.05) is 12.6 Å². The summed E-state index contributed by atoms with van der Waals surface area (Å²) in [6.07, 6.45) is -0.245. The number of carbonyl (C=O) groups is 1. The van der Waals surface area contributed by atoms with E-state index in [4.69, 9.17) is 14.7 Å². The first-order valence-electron chi connectivity index (χ1n) is 5.17. The summed E-state index contributed by atoms with van der Waals surface area (Å²) in [6.45, 7) is -0.0596. The Morgan fingerprint density at radius 3 is 2.68 bits per heavy atom. The van der Waals surface area contributed by atoms with Crippen LogP contribution in [0.15, 0.2) is 32.3 Å². The average Bonchev–Trinajstić information content (AvgIpc) is 2.59. The van der Waals surface area contributed by atoms with E-state index in [0.29, 0.717) is 5.52 Å². The zero-order valence-electron chi connectivity index (χ0n) is 9.57. The third kappa shape index (κ3) is 2.66. The van der Waals surface area contributed by atoms with Crippen LogP contribution >= 0.6 is 0 Å². The lowest BCUT2D eigenvalue weighted by atomic mass is 10.3. The third-order valence-electron chi connectivity index (χ3n) is 2.52. The first kappa shape index (κ1) is 13.3. The second-order valence-electron chi connectivity index (χ2n) is 3.84. The quantitative estimate of drug-likeness (QED) is 0.794. The normalized spacial score (nSPS) is 11.8. The fourth-order valence-corrected chi connectivity index (χ4v) is 2.17. The molecular weight excluding hydrogens is 276 g/mol. The van der Waals surface area contributed by atoms with E-state index in [1.807, 2.05) is 0 Å². The number of aliphatic carboxylic acids is 1. The van der Waals surface area contributed by atoms with Gasteiger partial charge in [0.05, 0.1) is 16.8 Å². The highest BCUT2D eigenvalue weighted by Gasteiger charge is 2.14. The molecule has 0 aliphatic carbocycles. The number of nitrogens with zero attached hydrogens (tertiary/aromatic N) is 1. The summed E-state index contributed by atoms with van der Waals surface area (Å²) in [4.78, 5) is 21.8. The molecule has 0 amide bonds. The standard InChI is InChI=1S/C10H10N2O6S/c11-19(16,17)6-1-2-7-8(5-6)18-10(15)12(7)4-3-9(13)14/h1-2,5H,3-4H2,(H,13,14)(H2,11,16,17). The van der Waals surface area contributed by atoms with Crippen molar-refractivity contribution in [2.75, 3.05) is 0 Å². The Labute approximate surface area is 107 Å². The van der Waals surface area contributed by atoms with Crippen LogP contribution in [0.1, 0.15) is 6.42 Å². The van der Waals surface area contributed by atoms with Crippen LogP contribution in [0.25, 0.3) is 11.1 Å².